The van der Waals surface area contributed by atoms with Gasteiger partial charge in [0.1, 0.15) is 23.8 Å². The van der Waals surface area contributed by atoms with Crippen molar-refractivity contribution in [1.29, 1.82) is 0 Å². The quantitative estimate of drug-likeness (QED) is 0.567. The molecule has 1 aliphatic rings. The fourth-order valence-electron chi connectivity index (χ4n) is 4.10. The number of nitrogens with zero attached hydrogens (tertiary/aromatic N) is 6. The van der Waals surface area contributed by atoms with Gasteiger partial charge in [-0.1, -0.05) is 12.1 Å². The Labute approximate surface area is 175 Å². The van der Waals surface area contributed by atoms with E-state index >= 15 is 0 Å². The summed E-state index contributed by atoms with van der Waals surface area (Å²) in [6, 6.07) is 16.5. The molecule has 1 saturated heterocycles. The maximum Gasteiger partial charge on any atom is 0.140 e. The van der Waals surface area contributed by atoms with Crippen LogP contribution in [0.4, 0.5) is 17.5 Å². The van der Waals surface area contributed by atoms with Crippen molar-refractivity contribution in [3.63, 3.8) is 0 Å². The summed E-state index contributed by atoms with van der Waals surface area (Å²) in [6.45, 7) is 4.89. The van der Waals surface area contributed by atoms with Gasteiger partial charge < -0.3 is 15.5 Å². The average molecular weight is 397 g/mol. The van der Waals surface area contributed by atoms with E-state index in [9.17, 15) is 0 Å². The van der Waals surface area contributed by atoms with Gasteiger partial charge in [0.2, 0.25) is 0 Å². The lowest BCUT2D eigenvalue weighted by atomic mass is 10.0. The first kappa shape index (κ1) is 18.3. The van der Waals surface area contributed by atoms with Crippen molar-refractivity contribution in [2.24, 2.45) is 0 Å². The van der Waals surface area contributed by atoms with Crippen LogP contribution < -0.4 is 15.5 Å². The van der Waals surface area contributed by atoms with E-state index in [1.165, 1.54) is 0 Å². The smallest absolute Gasteiger partial charge is 0.140 e. The van der Waals surface area contributed by atoms with Crippen molar-refractivity contribution in [1.82, 2.24) is 19.9 Å². The van der Waals surface area contributed by atoms with Crippen LogP contribution in [-0.4, -0.2) is 45.6 Å². The number of fused-ring (bicyclic) bond motifs is 1. The lowest BCUT2D eigenvalue weighted by Crippen LogP contribution is -2.52. The largest absolute Gasteiger partial charge is 0.384 e. The Balaban J connectivity index is 1.49. The van der Waals surface area contributed by atoms with Gasteiger partial charge in [0, 0.05) is 43.5 Å². The molecule has 4 aromatic rings. The molecule has 1 atom stereocenters. The Kier molecular flexibility index (Phi) is 4.63. The highest BCUT2D eigenvalue weighted by atomic mass is 15.3. The van der Waals surface area contributed by atoms with Crippen LogP contribution in [-0.2, 0) is 0 Å². The molecule has 4 heterocycles. The molecule has 2 N–H and O–H groups in total. The monoisotopic (exact) mass is 397 g/mol. The highest BCUT2D eigenvalue weighted by Crippen LogP contribution is 2.31. The summed E-state index contributed by atoms with van der Waals surface area (Å²) in [6.07, 6.45) is 5.23. The SMILES string of the molecule is C[C@H]1CN(c2ccccn2)CCN1c1ncnc2ccc(-c3ccnc(N)c3)cc12. The molecule has 0 aliphatic carbocycles. The fourth-order valence-corrected chi connectivity index (χ4v) is 4.10. The number of hydrogen-bond donors (Lipinski definition) is 1. The average Bonchev–Trinajstić information content (AvgIpc) is 2.79. The lowest BCUT2D eigenvalue weighted by Gasteiger charge is -2.41. The second kappa shape index (κ2) is 7.59. The molecule has 3 aromatic heterocycles. The van der Waals surface area contributed by atoms with E-state index < -0.39 is 0 Å². The number of hydrogen-bond acceptors (Lipinski definition) is 7. The zero-order valence-electron chi connectivity index (χ0n) is 16.8. The number of nitrogens with two attached hydrogens (primary N) is 1. The predicted octanol–water partition coefficient (Wildman–Crippen LogP) is 3.38. The summed E-state index contributed by atoms with van der Waals surface area (Å²) in [5, 5.41) is 1.04. The van der Waals surface area contributed by atoms with E-state index in [4.69, 9.17) is 5.73 Å². The van der Waals surface area contributed by atoms with E-state index in [-0.39, 0.29) is 0 Å². The first-order valence-electron chi connectivity index (χ1n) is 10.1. The second-order valence-corrected chi connectivity index (χ2v) is 7.57. The number of rotatable bonds is 3. The number of nitrogen functional groups attached to an aromatic ring is 1. The Hall–Kier alpha value is -3.74. The number of pyridine rings is 2. The molecule has 0 radical (unpaired) electrons. The van der Waals surface area contributed by atoms with Crippen molar-refractivity contribution in [2.45, 2.75) is 13.0 Å². The van der Waals surface area contributed by atoms with Gasteiger partial charge in [-0.3, -0.25) is 0 Å². The van der Waals surface area contributed by atoms with Crippen LogP contribution in [0.1, 0.15) is 6.92 Å². The molecule has 150 valence electrons. The molecule has 0 spiro atoms. The molecule has 7 nitrogen and oxygen atoms in total. The minimum atomic E-state index is 0.291. The Morgan fingerprint density at radius 3 is 2.60 bits per heavy atom. The van der Waals surface area contributed by atoms with E-state index in [0.29, 0.717) is 11.9 Å². The van der Waals surface area contributed by atoms with E-state index in [1.54, 1.807) is 12.5 Å². The molecular formula is C23H23N7. The summed E-state index contributed by atoms with van der Waals surface area (Å²) in [5.74, 6) is 2.50. The third-order valence-electron chi connectivity index (χ3n) is 5.60. The summed E-state index contributed by atoms with van der Waals surface area (Å²) in [7, 11) is 0. The van der Waals surface area contributed by atoms with Crippen LogP contribution in [0.5, 0.6) is 0 Å². The number of piperazine rings is 1. The lowest BCUT2D eigenvalue weighted by molar-refractivity contribution is 0.544. The van der Waals surface area contributed by atoms with Gasteiger partial charge in [0.25, 0.3) is 0 Å². The molecule has 30 heavy (non-hydrogen) atoms. The van der Waals surface area contributed by atoms with E-state index in [2.05, 4.69) is 54.9 Å². The van der Waals surface area contributed by atoms with Crippen molar-refractivity contribution in [3.05, 3.63) is 67.3 Å². The maximum absolute atomic E-state index is 5.88. The van der Waals surface area contributed by atoms with Crippen molar-refractivity contribution < 1.29 is 0 Å². The number of aromatic nitrogens is 4. The van der Waals surface area contributed by atoms with Gasteiger partial charge in [0.05, 0.1) is 5.52 Å². The molecule has 5 rings (SSSR count). The zero-order chi connectivity index (χ0) is 20.5. The topological polar surface area (TPSA) is 84.1 Å². The van der Waals surface area contributed by atoms with Crippen molar-refractivity contribution in [3.8, 4) is 11.1 Å². The van der Waals surface area contributed by atoms with Crippen LogP contribution in [0.15, 0.2) is 67.3 Å². The first-order valence-corrected chi connectivity index (χ1v) is 10.1. The van der Waals surface area contributed by atoms with E-state index in [1.807, 2.05) is 36.5 Å². The molecule has 7 heteroatoms. The normalized spacial score (nSPS) is 16.8. The molecule has 0 saturated carbocycles. The number of benzene rings is 1. The Bertz CT molecular complexity index is 1180. The summed E-state index contributed by atoms with van der Waals surface area (Å²) >= 11 is 0. The minimum absolute atomic E-state index is 0.291. The third-order valence-corrected chi connectivity index (χ3v) is 5.60. The van der Waals surface area contributed by atoms with E-state index in [0.717, 1.165) is 53.3 Å². The van der Waals surface area contributed by atoms with Gasteiger partial charge in [-0.2, -0.15) is 0 Å². The second-order valence-electron chi connectivity index (χ2n) is 7.57. The van der Waals surface area contributed by atoms with Crippen LogP contribution >= 0.6 is 0 Å². The van der Waals surface area contributed by atoms with Crippen molar-refractivity contribution in [2.75, 3.05) is 35.2 Å². The molecule has 1 aliphatic heterocycles. The van der Waals surface area contributed by atoms with Crippen LogP contribution in [0.3, 0.4) is 0 Å². The van der Waals surface area contributed by atoms with Gasteiger partial charge in [-0.15, -0.1) is 0 Å². The highest BCUT2D eigenvalue weighted by molar-refractivity contribution is 5.93. The molecule has 1 aromatic carbocycles. The summed E-state index contributed by atoms with van der Waals surface area (Å²) in [4.78, 5) is 22.5. The molecule has 0 unspecified atom stereocenters. The summed E-state index contributed by atoms with van der Waals surface area (Å²) in [5.41, 5.74) is 8.93. The molecule has 1 fully saturated rings. The third kappa shape index (κ3) is 3.39. The van der Waals surface area contributed by atoms with Gasteiger partial charge in [-0.05, 0) is 54.4 Å². The number of anilines is 3. The predicted molar refractivity (Wildman–Crippen MR) is 120 cm³/mol. The Morgan fingerprint density at radius 1 is 0.900 bits per heavy atom. The van der Waals surface area contributed by atoms with Gasteiger partial charge >= 0.3 is 0 Å². The van der Waals surface area contributed by atoms with Crippen LogP contribution in [0, 0.1) is 0 Å². The van der Waals surface area contributed by atoms with Crippen molar-refractivity contribution >= 4 is 28.4 Å². The Morgan fingerprint density at radius 2 is 1.80 bits per heavy atom. The van der Waals surface area contributed by atoms with Crippen LogP contribution in [0.2, 0.25) is 0 Å². The first-order chi connectivity index (χ1) is 14.7. The fraction of sp³-hybridized carbons (Fsp3) is 0.217. The van der Waals surface area contributed by atoms with Gasteiger partial charge in [0.15, 0.2) is 0 Å². The zero-order valence-corrected chi connectivity index (χ0v) is 16.8. The molecule has 0 bridgehead atoms. The minimum Gasteiger partial charge on any atom is -0.384 e. The molecular weight excluding hydrogens is 374 g/mol. The summed E-state index contributed by atoms with van der Waals surface area (Å²) < 4.78 is 0. The highest BCUT2D eigenvalue weighted by Gasteiger charge is 2.26. The van der Waals surface area contributed by atoms with Gasteiger partial charge in [-0.25, -0.2) is 19.9 Å². The standard InChI is InChI=1S/C23H23N7/c1-16-14-29(22-4-2-3-8-26-22)10-11-30(16)23-19-12-17(5-6-20(19)27-15-28-23)18-7-9-25-21(24)13-18/h2-9,12-13,15-16H,10-11,14H2,1H3,(H2,24,25)/t16-/m0/s1. The molecule has 0 amide bonds. The maximum atomic E-state index is 5.88. The van der Waals surface area contributed by atoms with Crippen LogP contribution in [0.25, 0.3) is 22.0 Å².